The summed E-state index contributed by atoms with van der Waals surface area (Å²) >= 11 is 6.83. The van der Waals surface area contributed by atoms with E-state index in [9.17, 15) is 14.7 Å². The molecular formula is C22H13Br2N3O3. The minimum atomic E-state index is -1.12. The van der Waals surface area contributed by atoms with Gasteiger partial charge in [-0.2, -0.15) is 9.78 Å². The first-order valence-corrected chi connectivity index (χ1v) is 10.4. The van der Waals surface area contributed by atoms with E-state index < -0.39 is 11.5 Å². The van der Waals surface area contributed by atoms with Crippen molar-refractivity contribution in [1.82, 2.24) is 9.66 Å². The molecule has 148 valence electrons. The molecule has 0 bridgehead atoms. The Morgan fingerprint density at radius 1 is 1.03 bits per heavy atom. The maximum absolute atomic E-state index is 13.3. The van der Waals surface area contributed by atoms with E-state index >= 15 is 0 Å². The number of hydrogen-bond acceptors (Lipinski definition) is 4. The van der Waals surface area contributed by atoms with Crippen molar-refractivity contribution in [2.75, 3.05) is 0 Å². The maximum Gasteiger partial charge on any atom is 0.336 e. The van der Waals surface area contributed by atoms with Crippen LogP contribution < -0.4 is 5.56 Å². The van der Waals surface area contributed by atoms with Crippen LogP contribution in [0.15, 0.2) is 85.6 Å². The van der Waals surface area contributed by atoms with Gasteiger partial charge in [0.25, 0.3) is 5.56 Å². The molecule has 0 unspecified atom stereocenters. The van der Waals surface area contributed by atoms with Crippen LogP contribution in [0.5, 0.6) is 0 Å². The maximum atomic E-state index is 13.3. The van der Waals surface area contributed by atoms with Crippen molar-refractivity contribution in [3.8, 4) is 11.4 Å². The molecule has 0 atom stereocenters. The van der Waals surface area contributed by atoms with Crippen LogP contribution in [-0.2, 0) is 0 Å². The molecule has 4 aromatic rings. The molecular weight excluding hydrogens is 514 g/mol. The van der Waals surface area contributed by atoms with Crippen LogP contribution in [-0.4, -0.2) is 27.0 Å². The Balaban J connectivity index is 2.07. The fraction of sp³-hybridized carbons (Fsp3) is 0. The Hall–Kier alpha value is -3.10. The van der Waals surface area contributed by atoms with Crippen molar-refractivity contribution in [3.05, 3.63) is 97.2 Å². The molecule has 0 fully saturated rings. The van der Waals surface area contributed by atoms with Crippen molar-refractivity contribution >= 4 is 54.9 Å². The average molecular weight is 527 g/mol. The SMILES string of the molecule is O=C(O)c1ccccc1-c1nc2c(Br)cc(Br)cc2c(=O)n1/N=C/c1ccccc1. The summed E-state index contributed by atoms with van der Waals surface area (Å²) in [7, 11) is 0. The van der Waals surface area contributed by atoms with E-state index in [2.05, 4.69) is 41.9 Å². The van der Waals surface area contributed by atoms with Crippen LogP contribution in [0.3, 0.4) is 0 Å². The highest BCUT2D eigenvalue weighted by atomic mass is 79.9. The van der Waals surface area contributed by atoms with Crippen LogP contribution in [0.4, 0.5) is 0 Å². The molecule has 0 spiro atoms. The second-order valence-corrected chi connectivity index (χ2v) is 8.11. The van der Waals surface area contributed by atoms with E-state index in [1.807, 2.05) is 30.3 Å². The Kier molecular flexibility index (Phi) is 5.61. The highest BCUT2D eigenvalue weighted by molar-refractivity contribution is 9.11. The van der Waals surface area contributed by atoms with Gasteiger partial charge in [-0.15, -0.1) is 0 Å². The number of carboxylic acid groups (broad SMARTS) is 1. The van der Waals surface area contributed by atoms with Crippen LogP contribution >= 0.6 is 31.9 Å². The smallest absolute Gasteiger partial charge is 0.336 e. The van der Waals surface area contributed by atoms with Crippen molar-refractivity contribution in [2.24, 2.45) is 5.10 Å². The number of aromatic carboxylic acids is 1. The summed E-state index contributed by atoms with van der Waals surface area (Å²) in [5.41, 5.74) is 1.12. The van der Waals surface area contributed by atoms with E-state index in [1.165, 1.54) is 12.3 Å². The van der Waals surface area contributed by atoms with E-state index in [0.717, 1.165) is 10.2 Å². The Morgan fingerprint density at radius 3 is 2.47 bits per heavy atom. The third-order valence-electron chi connectivity index (χ3n) is 4.39. The number of fused-ring (bicyclic) bond motifs is 1. The van der Waals surface area contributed by atoms with E-state index in [0.29, 0.717) is 25.4 Å². The highest BCUT2D eigenvalue weighted by Gasteiger charge is 2.19. The molecule has 0 aliphatic carbocycles. The van der Waals surface area contributed by atoms with Crippen molar-refractivity contribution in [3.63, 3.8) is 0 Å². The first-order valence-electron chi connectivity index (χ1n) is 8.79. The Morgan fingerprint density at radius 2 is 1.73 bits per heavy atom. The summed E-state index contributed by atoms with van der Waals surface area (Å²) in [6.45, 7) is 0. The fourth-order valence-corrected chi connectivity index (χ4v) is 4.33. The van der Waals surface area contributed by atoms with Crippen LogP contribution in [0.2, 0.25) is 0 Å². The first kappa shape index (κ1) is 20.2. The number of rotatable bonds is 4. The molecule has 4 rings (SSSR count). The lowest BCUT2D eigenvalue weighted by atomic mass is 10.1. The minimum Gasteiger partial charge on any atom is -0.478 e. The molecule has 30 heavy (non-hydrogen) atoms. The predicted molar refractivity (Wildman–Crippen MR) is 123 cm³/mol. The molecule has 3 aromatic carbocycles. The van der Waals surface area contributed by atoms with Gasteiger partial charge in [-0.05, 0) is 39.7 Å². The second-order valence-electron chi connectivity index (χ2n) is 6.34. The van der Waals surface area contributed by atoms with Gasteiger partial charge in [0.15, 0.2) is 5.82 Å². The van der Waals surface area contributed by atoms with Gasteiger partial charge in [0.2, 0.25) is 0 Å². The summed E-state index contributed by atoms with van der Waals surface area (Å²) in [6.07, 6.45) is 1.54. The van der Waals surface area contributed by atoms with Crippen LogP contribution in [0.1, 0.15) is 15.9 Å². The largest absolute Gasteiger partial charge is 0.478 e. The zero-order valence-electron chi connectivity index (χ0n) is 15.3. The first-order chi connectivity index (χ1) is 14.5. The van der Waals surface area contributed by atoms with E-state index in [-0.39, 0.29) is 11.4 Å². The van der Waals surface area contributed by atoms with E-state index in [1.54, 1.807) is 30.3 Å². The number of nitrogens with zero attached hydrogens (tertiary/aromatic N) is 3. The third-order valence-corrected chi connectivity index (χ3v) is 5.45. The third kappa shape index (κ3) is 3.83. The number of carbonyl (C=O) groups is 1. The molecule has 8 heteroatoms. The molecule has 1 N–H and O–H groups in total. The summed E-state index contributed by atoms with van der Waals surface area (Å²) in [6, 6.07) is 19.1. The van der Waals surface area contributed by atoms with Crippen molar-refractivity contribution in [1.29, 1.82) is 0 Å². The van der Waals surface area contributed by atoms with Crippen LogP contribution in [0, 0.1) is 0 Å². The molecule has 1 aromatic heterocycles. The summed E-state index contributed by atoms with van der Waals surface area (Å²) in [4.78, 5) is 29.7. The van der Waals surface area contributed by atoms with Gasteiger partial charge in [0.1, 0.15) is 0 Å². The fourth-order valence-electron chi connectivity index (χ4n) is 3.02. The number of hydrogen-bond donors (Lipinski definition) is 1. The molecule has 0 aliphatic rings. The van der Waals surface area contributed by atoms with E-state index in [4.69, 9.17) is 0 Å². The van der Waals surface area contributed by atoms with Crippen molar-refractivity contribution < 1.29 is 9.90 Å². The zero-order chi connectivity index (χ0) is 21.3. The van der Waals surface area contributed by atoms with Gasteiger partial charge < -0.3 is 5.11 Å². The number of carboxylic acids is 1. The standard InChI is InChI=1S/C22H13Br2N3O3/c23-14-10-17-19(18(24)11-14)26-20(15-8-4-5-9-16(15)22(29)30)27(21(17)28)25-12-13-6-2-1-3-7-13/h1-12H,(H,29,30)/b25-12+. The number of benzene rings is 3. The lowest BCUT2D eigenvalue weighted by Crippen LogP contribution is -2.21. The highest BCUT2D eigenvalue weighted by Crippen LogP contribution is 2.29. The van der Waals surface area contributed by atoms with Gasteiger partial charge in [-0.1, -0.05) is 64.5 Å². The normalized spacial score (nSPS) is 11.3. The molecule has 0 saturated heterocycles. The topological polar surface area (TPSA) is 84.5 Å². The molecule has 0 aliphatic heterocycles. The quantitative estimate of drug-likeness (QED) is 0.372. The molecule has 6 nitrogen and oxygen atoms in total. The van der Waals surface area contributed by atoms with Gasteiger partial charge >= 0.3 is 5.97 Å². The summed E-state index contributed by atoms with van der Waals surface area (Å²) in [5.74, 6) is -0.978. The number of aromatic nitrogens is 2. The molecule has 0 saturated carbocycles. The molecule has 0 amide bonds. The zero-order valence-corrected chi connectivity index (χ0v) is 18.5. The molecule has 1 heterocycles. The Labute approximate surface area is 187 Å². The monoisotopic (exact) mass is 525 g/mol. The lowest BCUT2D eigenvalue weighted by Gasteiger charge is -2.12. The minimum absolute atomic E-state index is 0.0284. The summed E-state index contributed by atoms with van der Waals surface area (Å²) in [5, 5.41) is 14.3. The second kappa shape index (κ2) is 8.33. The average Bonchev–Trinajstić information content (AvgIpc) is 2.74. The molecule has 0 radical (unpaired) electrons. The lowest BCUT2D eigenvalue weighted by molar-refractivity contribution is 0.0697. The van der Waals surface area contributed by atoms with Gasteiger partial charge in [-0.3, -0.25) is 4.79 Å². The van der Waals surface area contributed by atoms with Crippen LogP contribution in [0.25, 0.3) is 22.3 Å². The summed E-state index contributed by atoms with van der Waals surface area (Å²) < 4.78 is 2.45. The Bertz CT molecular complexity index is 1370. The van der Waals surface area contributed by atoms with Gasteiger partial charge in [0.05, 0.1) is 22.7 Å². The van der Waals surface area contributed by atoms with Crippen molar-refractivity contribution in [2.45, 2.75) is 0 Å². The van der Waals surface area contributed by atoms with Gasteiger partial charge in [0, 0.05) is 14.5 Å². The predicted octanol–water partition coefficient (Wildman–Crippen LogP) is 5.17. The number of halogens is 2. The van der Waals surface area contributed by atoms with Gasteiger partial charge in [-0.25, -0.2) is 9.78 Å².